The zero-order valence-electron chi connectivity index (χ0n) is 12.7. The Labute approximate surface area is 128 Å². The van der Waals surface area contributed by atoms with Gasteiger partial charge in [-0.1, -0.05) is 20.8 Å². The molecule has 1 rings (SSSR count). The van der Waals surface area contributed by atoms with Gasteiger partial charge in [-0.2, -0.15) is 0 Å². The van der Waals surface area contributed by atoms with Crippen molar-refractivity contribution in [1.29, 1.82) is 0 Å². The van der Waals surface area contributed by atoms with Crippen molar-refractivity contribution in [3.8, 4) is 0 Å². The van der Waals surface area contributed by atoms with Crippen LogP contribution in [0.25, 0.3) is 0 Å². The quantitative estimate of drug-likeness (QED) is 0.687. The number of hydrogen-bond acceptors (Lipinski definition) is 3. The van der Waals surface area contributed by atoms with Crippen molar-refractivity contribution in [1.82, 2.24) is 16.0 Å². The Kier molecular flexibility index (Phi) is 9.59. The fourth-order valence-electron chi connectivity index (χ4n) is 2.17. The molecule has 2 atom stereocenters. The third-order valence-electron chi connectivity index (χ3n) is 3.53. The molecule has 1 fully saturated rings. The van der Waals surface area contributed by atoms with E-state index in [1.165, 1.54) is 0 Å². The van der Waals surface area contributed by atoms with E-state index in [9.17, 15) is 9.59 Å². The van der Waals surface area contributed by atoms with Crippen molar-refractivity contribution in [3.63, 3.8) is 0 Å². The summed E-state index contributed by atoms with van der Waals surface area (Å²) in [4.78, 5) is 23.3. The lowest BCUT2D eigenvalue weighted by molar-refractivity contribution is -0.126. The van der Waals surface area contributed by atoms with E-state index >= 15 is 0 Å². The summed E-state index contributed by atoms with van der Waals surface area (Å²) in [6.45, 7) is 8.25. The summed E-state index contributed by atoms with van der Waals surface area (Å²) in [6.07, 6.45) is 2.31. The zero-order chi connectivity index (χ0) is 14.3. The van der Waals surface area contributed by atoms with Crippen LogP contribution in [0, 0.1) is 11.8 Å². The van der Waals surface area contributed by atoms with Gasteiger partial charge in [0.1, 0.15) is 0 Å². The molecule has 0 saturated carbocycles. The first kappa shape index (κ1) is 19.2. The highest BCUT2D eigenvalue weighted by Gasteiger charge is 2.22. The smallest absolute Gasteiger partial charge is 0.239 e. The van der Waals surface area contributed by atoms with Crippen molar-refractivity contribution in [2.24, 2.45) is 11.8 Å². The summed E-state index contributed by atoms with van der Waals surface area (Å²) in [5.74, 6) is 0.823. The van der Waals surface area contributed by atoms with Crippen molar-refractivity contribution < 1.29 is 9.59 Å². The monoisotopic (exact) mass is 305 g/mol. The van der Waals surface area contributed by atoms with Crippen molar-refractivity contribution in [2.45, 2.75) is 46.1 Å². The molecular formula is C14H28ClN3O2. The average molecular weight is 306 g/mol. The molecule has 1 saturated heterocycles. The van der Waals surface area contributed by atoms with Crippen LogP contribution in [-0.4, -0.2) is 37.5 Å². The van der Waals surface area contributed by atoms with Crippen LogP contribution in [0.5, 0.6) is 0 Å². The predicted octanol–water partition coefficient (Wildman–Crippen LogP) is 1.07. The second-order valence-electron chi connectivity index (χ2n) is 5.85. The summed E-state index contributed by atoms with van der Waals surface area (Å²) < 4.78 is 0. The van der Waals surface area contributed by atoms with Gasteiger partial charge in [-0.25, -0.2) is 0 Å². The molecule has 0 spiro atoms. The van der Waals surface area contributed by atoms with Crippen LogP contribution >= 0.6 is 12.4 Å². The molecule has 0 radical (unpaired) electrons. The number of hydrogen-bond donors (Lipinski definition) is 3. The van der Waals surface area contributed by atoms with Crippen molar-refractivity contribution in [3.05, 3.63) is 0 Å². The first-order valence-corrected chi connectivity index (χ1v) is 7.25. The number of piperidine rings is 1. The molecule has 0 aliphatic carbocycles. The molecule has 3 N–H and O–H groups in total. The van der Waals surface area contributed by atoms with Gasteiger partial charge in [0, 0.05) is 12.5 Å². The van der Waals surface area contributed by atoms with Crippen molar-refractivity contribution in [2.75, 3.05) is 19.6 Å². The van der Waals surface area contributed by atoms with E-state index in [0.29, 0.717) is 18.3 Å². The van der Waals surface area contributed by atoms with Gasteiger partial charge in [-0.3, -0.25) is 9.59 Å². The molecule has 0 bridgehead atoms. The van der Waals surface area contributed by atoms with Crippen molar-refractivity contribution >= 4 is 24.2 Å². The van der Waals surface area contributed by atoms with Crippen LogP contribution in [0.3, 0.4) is 0 Å². The normalized spacial score (nSPS) is 22.0. The molecule has 2 amide bonds. The third-order valence-corrected chi connectivity index (χ3v) is 3.53. The summed E-state index contributed by atoms with van der Waals surface area (Å²) in [6, 6.07) is 0.223. The highest BCUT2D eigenvalue weighted by Crippen LogP contribution is 2.09. The van der Waals surface area contributed by atoms with Gasteiger partial charge in [0.25, 0.3) is 0 Å². The molecule has 20 heavy (non-hydrogen) atoms. The first-order valence-electron chi connectivity index (χ1n) is 7.25. The van der Waals surface area contributed by atoms with Gasteiger partial charge >= 0.3 is 0 Å². The minimum Gasteiger partial charge on any atom is -0.351 e. The van der Waals surface area contributed by atoms with E-state index < -0.39 is 0 Å². The van der Waals surface area contributed by atoms with E-state index in [1.54, 1.807) is 0 Å². The molecule has 0 aromatic heterocycles. The SMILES string of the molecule is CC(C)CCC(=O)NCC(=O)NC1CCNCC1C.Cl. The molecule has 118 valence electrons. The lowest BCUT2D eigenvalue weighted by Crippen LogP contribution is -2.50. The van der Waals surface area contributed by atoms with Gasteiger partial charge in [-0.15, -0.1) is 12.4 Å². The van der Waals surface area contributed by atoms with Crippen LogP contribution in [0.15, 0.2) is 0 Å². The molecule has 0 aromatic rings. The highest BCUT2D eigenvalue weighted by atomic mass is 35.5. The largest absolute Gasteiger partial charge is 0.351 e. The molecule has 1 aliphatic rings. The fraction of sp³-hybridized carbons (Fsp3) is 0.857. The van der Waals surface area contributed by atoms with E-state index in [-0.39, 0.29) is 36.8 Å². The first-order chi connectivity index (χ1) is 8.99. The lowest BCUT2D eigenvalue weighted by atomic mass is 9.95. The summed E-state index contributed by atoms with van der Waals surface area (Å²) in [7, 11) is 0. The van der Waals surface area contributed by atoms with Crippen LogP contribution in [0.2, 0.25) is 0 Å². The van der Waals surface area contributed by atoms with Gasteiger partial charge in [-0.05, 0) is 37.8 Å². The van der Waals surface area contributed by atoms with Crippen LogP contribution in [0.4, 0.5) is 0 Å². The van der Waals surface area contributed by atoms with Gasteiger partial charge in [0.2, 0.25) is 11.8 Å². The molecule has 6 heteroatoms. The number of nitrogens with one attached hydrogen (secondary N) is 3. The van der Waals surface area contributed by atoms with Crippen LogP contribution in [0.1, 0.15) is 40.0 Å². The summed E-state index contributed by atoms with van der Waals surface area (Å²) in [5.41, 5.74) is 0. The maximum Gasteiger partial charge on any atom is 0.239 e. The second-order valence-corrected chi connectivity index (χ2v) is 5.85. The molecule has 5 nitrogen and oxygen atoms in total. The predicted molar refractivity (Wildman–Crippen MR) is 82.9 cm³/mol. The molecule has 0 aromatic carbocycles. The highest BCUT2D eigenvalue weighted by molar-refractivity contribution is 5.85. The average Bonchev–Trinajstić information content (AvgIpc) is 2.36. The Morgan fingerprint density at radius 1 is 1.30 bits per heavy atom. The summed E-state index contributed by atoms with van der Waals surface area (Å²) >= 11 is 0. The second kappa shape index (κ2) is 10.00. The maximum atomic E-state index is 11.8. The van der Waals surface area contributed by atoms with E-state index in [2.05, 4.69) is 36.7 Å². The number of carbonyl (C=O) groups is 2. The Hall–Kier alpha value is -0.810. The van der Waals surface area contributed by atoms with Gasteiger partial charge in [0.15, 0.2) is 0 Å². The maximum absolute atomic E-state index is 11.8. The third kappa shape index (κ3) is 7.70. The molecular weight excluding hydrogens is 278 g/mol. The molecule has 1 heterocycles. The minimum atomic E-state index is -0.0864. The number of carbonyl (C=O) groups excluding carboxylic acids is 2. The van der Waals surface area contributed by atoms with Gasteiger partial charge in [0.05, 0.1) is 6.54 Å². The van der Waals surface area contributed by atoms with Crippen LogP contribution in [-0.2, 0) is 9.59 Å². The fourth-order valence-corrected chi connectivity index (χ4v) is 2.17. The number of halogens is 1. The van der Waals surface area contributed by atoms with Gasteiger partial charge < -0.3 is 16.0 Å². The topological polar surface area (TPSA) is 70.2 Å². The summed E-state index contributed by atoms with van der Waals surface area (Å²) in [5, 5.41) is 8.96. The minimum absolute atomic E-state index is 0. The Bertz CT molecular complexity index is 311. The Balaban J connectivity index is 0.00000361. The molecule has 1 aliphatic heterocycles. The zero-order valence-corrected chi connectivity index (χ0v) is 13.5. The van der Waals surface area contributed by atoms with E-state index in [0.717, 1.165) is 25.9 Å². The van der Waals surface area contributed by atoms with Crippen LogP contribution < -0.4 is 16.0 Å². The number of amides is 2. The van der Waals surface area contributed by atoms with E-state index in [1.807, 2.05) is 0 Å². The standard InChI is InChI=1S/C14H27N3O2.ClH/c1-10(2)4-5-13(18)16-9-14(19)17-12-6-7-15-8-11(12)3;/h10-12,15H,4-9H2,1-3H3,(H,16,18)(H,17,19);1H. The van der Waals surface area contributed by atoms with E-state index in [4.69, 9.17) is 0 Å². The Morgan fingerprint density at radius 2 is 2.00 bits per heavy atom. The lowest BCUT2D eigenvalue weighted by Gasteiger charge is -2.30. The molecule has 2 unspecified atom stereocenters. The Morgan fingerprint density at radius 3 is 2.60 bits per heavy atom. The number of rotatable bonds is 6.